The van der Waals surface area contributed by atoms with E-state index in [4.69, 9.17) is 5.73 Å². The van der Waals surface area contributed by atoms with E-state index in [0.717, 1.165) is 12.8 Å². The maximum Gasteiger partial charge on any atom is 0.251 e. The number of amides is 2. The standard InChI is InChI=1S/C16H23N3O2/c1-11-5-4-8-16(17,10-11)15(21)19-13-7-3-6-12(9-13)14(20)18-2/h3,6-7,9,11H,4-5,8,10,17H2,1-2H3,(H,18,20)(H,19,21). The predicted molar refractivity (Wildman–Crippen MR) is 83.0 cm³/mol. The summed E-state index contributed by atoms with van der Waals surface area (Å²) in [4.78, 5) is 24.1. The lowest BCUT2D eigenvalue weighted by Gasteiger charge is -2.35. The molecule has 5 nitrogen and oxygen atoms in total. The molecule has 0 saturated heterocycles. The van der Waals surface area contributed by atoms with E-state index in [9.17, 15) is 9.59 Å². The molecule has 0 radical (unpaired) electrons. The van der Waals surface area contributed by atoms with Crippen LogP contribution in [0.4, 0.5) is 5.69 Å². The number of nitrogens with two attached hydrogens (primary N) is 1. The number of benzene rings is 1. The molecule has 1 fully saturated rings. The lowest BCUT2D eigenvalue weighted by molar-refractivity contribution is -0.122. The number of hydrogen-bond donors (Lipinski definition) is 3. The van der Waals surface area contributed by atoms with Crippen LogP contribution in [0.3, 0.4) is 0 Å². The Labute approximate surface area is 125 Å². The van der Waals surface area contributed by atoms with Crippen LogP contribution < -0.4 is 16.4 Å². The van der Waals surface area contributed by atoms with Crippen LogP contribution in [0.5, 0.6) is 0 Å². The van der Waals surface area contributed by atoms with Crippen molar-refractivity contribution >= 4 is 17.5 Å². The Hall–Kier alpha value is -1.88. The molecule has 0 aliphatic heterocycles. The van der Waals surface area contributed by atoms with E-state index in [-0.39, 0.29) is 11.8 Å². The zero-order chi connectivity index (χ0) is 15.5. The molecule has 2 unspecified atom stereocenters. The van der Waals surface area contributed by atoms with Crippen molar-refractivity contribution in [2.24, 2.45) is 11.7 Å². The first-order chi connectivity index (χ1) is 9.94. The summed E-state index contributed by atoms with van der Waals surface area (Å²) >= 11 is 0. The highest BCUT2D eigenvalue weighted by Crippen LogP contribution is 2.31. The van der Waals surface area contributed by atoms with Crippen molar-refractivity contribution in [2.45, 2.75) is 38.1 Å². The first-order valence-corrected chi connectivity index (χ1v) is 7.37. The molecule has 0 heterocycles. The molecule has 4 N–H and O–H groups in total. The normalized spacial score (nSPS) is 25.2. The third kappa shape index (κ3) is 3.61. The van der Waals surface area contributed by atoms with Crippen LogP contribution in [0.2, 0.25) is 0 Å². The van der Waals surface area contributed by atoms with Gasteiger partial charge in [0.05, 0.1) is 5.54 Å². The Kier molecular flexibility index (Phi) is 4.63. The summed E-state index contributed by atoms with van der Waals surface area (Å²) in [6, 6.07) is 6.87. The zero-order valence-electron chi connectivity index (χ0n) is 12.6. The van der Waals surface area contributed by atoms with E-state index in [2.05, 4.69) is 17.6 Å². The van der Waals surface area contributed by atoms with Crippen molar-refractivity contribution in [3.05, 3.63) is 29.8 Å². The molecule has 0 aromatic heterocycles. The van der Waals surface area contributed by atoms with Crippen LogP contribution in [-0.4, -0.2) is 24.4 Å². The van der Waals surface area contributed by atoms with Crippen LogP contribution in [0.15, 0.2) is 24.3 Å². The van der Waals surface area contributed by atoms with Crippen molar-refractivity contribution in [3.8, 4) is 0 Å². The first-order valence-electron chi connectivity index (χ1n) is 7.37. The van der Waals surface area contributed by atoms with Gasteiger partial charge in [-0.05, 0) is 37.0 Å². The predicted octanol–water partition coefficient (Wildman–Crippen LogP) is 1.89. The molecule has 2 rings (SSSR count). The van der Waals surface area contributed by atoms with Gasteiger partial charge in [0.25, 0.3) is 5.91 Å². The van der Waals surface area contributed by atoms with Gasteiger partial charge in [-0.25, -0.2) is 0 Å². The van der Waals surface area contributed by atoms with Gasteiger partial charge in [0.2, 0.25) is 5.91 Å². The zero-order valence-corrected chi connectivity index (χ0v) is 12.6. The Morgan fingerprint density at radius 3 is 2.81 bits per heavy atom. The molecule has 1 saturated carbocycles. The molecule has 1 aromatic carbocycles. The lowest BCUT2D eigenvalue weighted by Crippen LogP contribution is -2.53. The molecule has 21 heavy (non-hydrogen) atoms. The third-order valence-corrected chi connectivity index (χ3v) is 4.09. The average molecular weight is 289 g/mol. The van der Waals surface area contributed by atoms with E-state index in [1.54, 1.807) is 31.3 Å². The topological polar surface area (TPSA) is 84.2 Å². The minimum absolute atomic E-state index is 0.164. The average Bonchev–Trinajstić information content (AvgIpc) is 2.46. The second-order valence-electron chi connectivity index (χ2n) is 5.97. The Morgan fingerprint density at radius 1 is 1.38 bits per heavy atom. The van der Waals surface area contributed by atoms with E-state index in [1.165, 1.54) is 0 Å². The Balaban J connectivity index is 2.10. The summed E-state index contributed by atoms with van der Waals surface area (Å²) in [5.41, 5.74) is 6.58. The maximum absolute atomic E-state index is 12.4. The molecular weight excluding hydrogens is 266 g/mol. The fourth-order valence-corrected chi connectivity index (χ4v) is 2.94. The second kappa shape index (κ2) is 6.26. The van der Waals surface area contributed by atoms with Gasteiger partial charge in [-0.1, -0.05) is 25.8 Å². The molecule has 2 amide bonds. The summed E-state index contributed by atoms with van der Waals surface area (Å²) in [6.45, 7) is 2.13. The Morgan fingerprint density at radius 2 is 2.14 bits per heavy atom. The number of nitrogens with one attached hydrogen (secondary N) is 2. The molecule has 2 atom stereocenters. The number of rotatable bonds is 3. The number of hydrogen-bond acceptors (Lipinski definition) is 3. The minimum Gasteiger partial charge on any atom is -0.355 e. The summed E-state index contributed by atoms with van der Waals surface area (Å²) in [5.74, 6) is 0.120. The van der Waals surface area contributed by atoms with Gasteiger partial charge in [-0.2, -0.15) is 0 Å². The first kappa shape index (κ1) is 15.5. The van der Waals surface area contributed by atoms with Gasteiger partial charge in [-0.15, -0.1) is 0 Å². The van der Waals surface area contributed by atoms with Crippen molar-refractivity contribution < 1.29 is 9.59 Å². The van der Waals surface area contributed by atoms with E-state index in [1.807, 2.05) is 0 Å². The lowest BCUT2D eigenvalue weighted by atomic mass is 9.76. The molecule has 0 bridgehead atoms. The molecule has 1 aromatic rings. The molecule has 1 aliphatic carbocycles. The van der Waals surface area contributed by atoms with Gasteiger partial charge >= 0.3 is 0 Å². The molecule has 1 aliphatic rings. The van der Waals surface area contributed by atoms with Crippen LogP contribution in [0.1, 0.15) is 43.0 Å². The highest BCUT2D eigenvalue weighted by atomic mass is 16.2. The monoisotopic (exact) mass is 289 g/mol. The maximum atomic E-state index is 12.4. The van der Waals surface area contributed by atoms with Crippen molar-refractivity contribution in [1.29, 1.82) is 0 Å². The van der Waals surface area contributed by atoms with Gasteiger partial charge < -0.3 is 16.4 Å². The van der Waals surface area contributed by atoms with E-state index >= 15 is 0 Å². The van der Waals surface area contributed by atoms with Gasteiger partial charge in [0.15, 0.2) is 0 Å². The molecule has 5 heteroatoms. The molecular formula is C16H23N3O2. The van der Waals surface area contributed by atoms with Crippen LogP contribution >= 0.6 is 0 Å². The van der Waals surface area contributed by atoms with Crippen LogP contribution in [0, 0.1) is 5.92 Å². The fourth-order valence-electron chi connectivity index (χ4n) is 2.94. The second-order valence-corrected chi connectivity index (χ2v) is 5.97. The largest absolute Gasteiger partial charge is 0.355 e. The van der Waals surface area contributed by atoms with Gasteiger partial charge in [0, 0.05) is 18.3 Å². The number of carbonyl (C=O) groups is 2. The van der Waals surface area contributed by atoms with Crippen LogP contribution in [-0.2, 0) is 4.79 Å². The van der Waals surface area contributed by atoms with Crippen molar-refractivity contribution in [3.63, 3.8) is 0 Å². The summed E-state index contributed by atoms with van der Waals surface area (Å²) in [7, 11) is 1.58. The minimum atomic E-state index is -0.805. The SMILES string of the molecule is CNC(=O)c1cccc(NC(=O)C2(N)CCCC(C)C2)c1. The fraction of sp³-hybridized carbons (Fsp3) is 0.500. The highest BCUT2D eigenvalue weighted by molar-refractivity contribution is 6.00. The van der Waals surface area contributed by atoms with Crippen molar-refractivity contribution in [2.75, 3.05) is 12.4 Å². The third-order valence-electron chi connectivity index (χ3n) is 4.09. The van der Waals surface area contributed by atoms with E-state index < -0.39 is 5.54 Å². The number of anilines is 1. The summed E-state index contributed by atoms with van der Waals surface area (Å²) < 4.78 is 0. The summed E-state index contributed by atoms with van der Waals surface area (Å²) in [5, 5.41) is 5.41. The van der Waals surface area contributed by atoms with Crippen molar-refractivity contribution in [1.82, 2.24) is 5.32 Å². The highest BCUT2D eigenvalue weighted by Gasteiger charge is 2.37. The smallest absolute Gasteiger partial charge is 0.251 e. The number of carbonyl (C=O) groups excluding carboxylic acids is 2. The Bertz CT molecular complexity index is 544. The summed E-state index contributed by atoms with van der Waals surface area (Å²) in [6.07, 6.45) is 3.51. The van der Waals surface area contributed by atoms with Gasteiger partial charge in [-0.3, -0.25) is 9.59 Å². The quantitative estimate of drug-likeness (QED) is 0.794. The molecule has 0 spiro atoms. The molecule has 114 valence electrons. The van der Waals surface area contributed by atoms with E-state index in [0.29, 0.717) is 30.0 Å². The van der Waals surface area contributed by atoms with Crippen LogP contribution in [0.25, 0.3) is 0 Å². The van der Waals surface area contributed by atoms with Gasteiger partial charge in [0.1, 0.15) is 0 Å².